The molecule has 1 amide bonds. The van der Waals surface area contributed by atoms with Crippen molar-refractivity contribution in [3.8, 4) is 0 Å². The predicted molar refractivity (Wildman–Crippen MR) is 128 cm³/mol. The lowest BCUT2D eigenvalue weighted by atomic mass is 9.95. The monoisotopic (exact) mass is 441 g/mol. The first-order valence-electron chi connectivity index (χ1n) is 12.0. The molecule has 3 atom stereocenters. The van der Waals surface area contributed by atoms with Gasteiger partial charge in [0.05, 0.1) is 12.1 Å². The van der Waals surface area contributed by atoms with Crippen molar-refractivity contribution < 1.29 is 19.8 Å². The van der Waals surface area contributed by atoms with Crippen LogP contribution in [0.3, 0.4) is 0 Å². The first-order chi connectivity index (χ1) is 15.5. The van der Waals surface area contributed by atoms with Gasteiger partial charge in [-0.3, -0.25) is 9.59 Å². The van der Waals surface area contributed by atoms with Crippen LogP contribution in [-0.2, 0) is 16.0 Å². The van der Waals surface area contributed by atoms with Gasteiger partial charge in [0, 0.05) is 19.4 Å². The number of allylic oxidation sites excluding steroid dienone is 1. The normalized spacial score (nSPS) is 18.6. The lowest BCUT2D eigenvalue weighted by Gasteiger charge is -2.22. The van der Waals surface area contributed by atoms with Crippen LogP contribution in [0.25, 0.3) is 0 Å². The van der Waals surface area contributed by atoms with Crippen LogP contribution >= 0.6 is 0 Å². The van der Waals surface area contributed by atoms with Gasteiger partial charge in [0.25, 0.3) is 0 Å². The van der Waals surface area contributed by atoms with Gasteiger partial charge in [-0.1, -0.05) is 74.4 Å². The third-order valence-corrected chi connectivity index (χ3v) is 6.19. The quantitative estimate of drug-likeness (QED) is 0.292. The topological polar surface area (TPSA) is 77.8 Å². The number of aryl methyl sites for hydroxylation is 1. The number of likely N-dealkylation sites (tertiary alicyclic amines) is 1. The van der Waals surface area contributed by atoms with Crippen molar-refractivity contribution >= 4 is 11.9 Å². The summed E-state index contributed by atoms with van der Waals surface area (Å²) in [6.07, 6.45) is 15.6. The van der Waals surface area contributed by atoms with Crippen LogP contribution in [0.2, 0.25) is 0 Å². The molecule has 1 unspecified atom stereocenters. The van der Waals surface area contributed by atoms with Crippen LogP contribution in [0, 0.1) is 5.92 Å². The summed E-state index contributed by atoms with van der Waals surface area (Å²) in [5, 5.41) is 19.2. The molecule has 1 aliphatic rings. The van der Waals surface area contributed by atoms with Gasteiger partial charge in [0.15, 0.2) is 0 Å². The number of unbranched alkanes of at least 4 members (excludes halogenated alkanes) is 3. The van der Waals surface area contributed by atoms with Crippen LogP contribution in [-0.4, -0.2) is 45.7 Å². The number of hydrogen-bond donors (Lipinski definition) is 2. The number of aliphatic hydroxyl groups is 1. The van der Waals surface area contributed by atoms with E-state index in [9.17, 15) is 14.7 Å². The minimum absolute atomic E-state index is 0.0268. The van der Waals surface area contributed by atoms with E-state index < -0.39 is 12.1 Å². The number of carboxylic acid groups (broad SMARTS) is 1. The minimum atomic E-state index is -0.779. The number of nitrogens with zero attached hydrogens (tertiary/aromatic N) is 1. The number of amides is 1. The number of aliphatic hydroxyl groups excluding tert-OH is 1. The Morgan fingerprint density at radius 3 is 2.69 bits per heavy atom. The molecular weight excluding hydrogens is 402 g/mol. The van der Waals surface area contributed by atoms with Crippen molar-refractivity contribution in [3.63, 3.8) is 0 Å². The summed E-state index contributed by atoms with van der Waals surface area (Å²) < 4.78 is 0. The highest BCUT2D eigenvalue weighted by Gasteiger charge is 2.28. The zero-order chi connectivity index (χ0) is 23.2. The summed E-state index contributed by atoms with van der Waals surface area (Å²) in [7, 11) is 0. The van der Waals surface area contributed by atoms with Gasteiger partial charge in [-0.2, -0.15) is 0 Å². The number of aliphatic carboxylic acids is 1. The van der Waals surface area contributed by atoms with Crippen LogP contribution in [0.5, 0.6) is 0 Å². The van der Waals surface area contributed by atoms with Crippen molar-refractivity contribution in [3.05, 3.63) is 60.2 Å². The lowest BCUT2D eigenvalue weighted by molar-refractivity contribution is -0.137. The summed E-state index contributed by atoms with van der Waals surface area (Å²) in [6, 6.07) is 10.6. The summed E-state index contributed by atoms with van der Waals surface area (Å²) in [4.78, 5) is 24.6. The Bertz CT molecular complexity index is 743. The highest BCUT2D eigenvalue weighted by atomic mass is 16.4. The minimum Gasteiger partial charge on any atom is -0.481 e. The molecule has 0 bridgehead atoms. The summed E-state index contributed by atoms with van der Waals surface area (Å²) in [6.45, 7) is 2.62. The number of hydrogen-bond acceptors (Lipinski definition) is 3. The number of carboxylic acids is 1. The summed E-state index contributed by atoms with van der Waals surface area (Å²) in [5.41, 5.74) is 1.38. The molecule has 176 valence electrons. The van der Waals surface area contributed by atoms with E-state index in [1.165, 1.54) is 18.4 Å². The molecule has 5 heteroatoms. The van der Waals surface area contributed by atoms with Crippen LogP contribution < -0.4 is 0 Å². The molecule has 0 aliphatic carbocycles. The highest BCUT2D eigenvalue weighted by molar-refractivity contribution is 5.79. The molecule has 0 spiro atoms. The fourth-order valence-electron chi connectivity index (χ4n) is 4.09. The van der Waals surface area contributed by atoms with Gasteiger partial charge in [-0.15, -0.1) is 0 Å². The van der Waals surface area contributed by atoms with Gasteiger partial charge in [0.1, 0.15) is 0 Å². The SMILES string of the molecule is C[C@@H](CCCCCc1ccccc1)[C@H](O)C=CC1CCC(=O)N1CC=CCCCC(=O)O. The third kappa shape index (κ3) is 9.82. The molecular formula is C27H39NO4. The Hall–Kier alpha value is -2.40. The smallest absolute Gasteiger partial charge is 0.303 e. The van der Waals surface area contributed by atoms with Gasteiger partial charge in [-0.25, -0.2) is 0 Å². The summed E-state index contributed by atoms with van der Waals surface area (Å²) in [5.74, 6) is -0.447. The van der Waals surface area contributed by atoms with E-state index in [1.807, 2.05) is 35.3 Å². The van der Waals surface area contributed by atoms with Crippen LogP contribution in [0.15, 0.2) is 54.6 Å². The Balaban J connectivity index is 1.67. The zero-order valence-corrected chi connectivity index (χ0v) is 19.4. The van der Waals surface area contributed by atoms with Crippen molar-refractivity contribution in [1.29, 1.82) is 0 Å². The first kappa shape index (κ1) is 25.9. The van der Waals surface area contributed by atoms with Gasteiger partial charge >= 0.3 is 5.97 Å². The summed E-state index contributed by atoms with van der Waals surface area (Å²) >= 11 is 0. The van der Waals surface area contributed by atoms with E-state index in [2.05, 4.69) is 31.2 Å². The average Bonchev–Trinajstić information content (AvgIpc) is 3.13. The maximum atomic E-state index is 12.2. The van der Waals surface area contributed by atoms with Crippen LogP contribution in [0.4, 0.5) is 0 Å². The van der Waals surface area contributed by atoms with E-state index in [-0.39, 0.29) is 24.3 Å². The molecule has 0 radical (unpaired) electrons. The standard InChI is InChI=1S/C27H39NO4/c1-22(12-6-4-7-13-23-14-8-5-9-15-23)25(29)19-17-24-18-20-26(30)28(24)21-11-3-2-10-16-27(31)32/h3,5,8-9,11,14-15,17,19,22,24-25,29H,2,4,6-7,10,12-13,16,18,20-21H2,1H3,(H,31,32)/t22-,24?,25+/m0/s1. The first-order valence-corrected chi connectivity index (χ1v) is 12.0. The second kappa shape index (κ2) is 14.6. The number of benzene rings is 1. The second-order valence-electron chi connectivity index (χ2n) is 8.85. The molecule has 1 aromatic rings. The maximum Gasteiger partial charge on any atom is 0.303 e. The van der Waals surface area contributed by atoms with Gasteiger partial charge in [0.2, 0.25) is 5.91 Å². The zero-order valence-electron chi connectivity index (χ0n) is 19.4. The average molecular weight is 442 g/mol. The molecule has 1 aliphatic heterocycles. The predicted octanol–water partition coefficient (Wildman–Crippen LogP) is 5.14. The number of carbonyl (C=O) groups is 2. The Morgan fingerprint density at radius 1 is 1.16 bits per heavy atom. The maximum absolute atomic E-state index is 12.2. The Morgan fingerprint density at radius 2 is 1.94 bits per heavy atom. The molecule has 32 heavy (non-hydrogen) atoms. The van der Waals surface area contributed by atoms with Crippen LogP contribution in [0.1, 0.15) is 70.3 Å². The van der Waals surface area contributed by atoms with Gasteiger partial charge in [-0.05, 0) is 50.0 Å². The fraction of sp³-hybridized carbons (Fsp3) is 0.556. The van der Waals surface area contributed by atoms with E-state index in [0.717, 1.165) is 25.7 Å². The molecule has 1 aromatic carbocycles. The lowest BCUT2D eigenvalue weighted by Crippen LogP contribution is -2.32. The molecule has 1 fully saturated rings. The van der Waals surface area contributed by atoms with E-state index >= 15 is 0 Å². The number of carbonyl (C=O) groups excluding carboxylic acids is 1. The van der Waals surface area contributed by atoms with E-state index in [4.69, 9.17) is 5.11 Å². The molecule has 5 nitrogen and oxygen atoms in total. The molecule has 0 saturated carbocycles. The second-order valence-corrected chi connectivity index (χ2v) is 8.85. The molecule has 1 saturated heterocycles. The van der Waals surface area contributed by atoms with E-state index in [0.29, 0.717) is 25.8 Å². The van der Waals surface area contributed by atoms with Crippen molar-refractivity contribution in [2.45, 2.75) is 83.3 Å². The highest BCUT2D eigenvalue weighted by Crippen LogP contribution is 2.21. The Kier molecular flexibility index (Phi) is 11.8. The van der Waals surface area contributed by atoms with E-state index in [1.54, 1.807) is 0 Å². The van der Waals surface area contributed by atoms with Gasteiger partial charge < -0.3 is 15.1 Å². The fourth-order valence-corrected chi connectivity index (χ4v) is 4.09. The Labute approximate surface area is 192 Å². The van der Waals surface area contributed by atoms with Crippen molar-refractivity contribution in [2.75, 3.05) is 6.54 Å². The third-order valence-electron chi connectivity index (χ3n) is 6.19. The molecule has 0 aromatic heterocycles. The molecule has 2 rings (SSSR count). The largest absolute Gasteiger partial charge is 0.481 e. The molecule has 2 N–H and O–H groups in total. The van der Waals surface area contributed by atoms with Crippen molar-refractivity contribution in [1.82, 2.24) is 4.90 Å². The molecule has 1 heterocycles. The van der Waals surface area contributed by atoms with Crippen molar-refractivity contribution in [2.24, 2.45) is 5.92 Å². The number of rotatable bonds is 15.